The molecular formula is C19H26N2O4S. The summed E-state index contributed by atoms with van der Waals surface area (Å²) in [4.78, 5) is 2.56. The molecule has 2 N–H and O–H groups in total. The van der Waals surface area contributed by atoms with Crippen molar-refractivity contribution >= 4 is 21.2 Å². The van der Waals surface area contributed by atoms with Gasteiger partial charge in [-0.2, -0.15) is 8.42 Å². The summed E-state index contributed by atoms with van der Waals surface area (Å²) in [7, 11) is -4.36. The van der Waals surface area contributed by atoms with Gasteiger partial charge in [-0.05, 0) is 61.3 Å². The zero-order chi connectivity index (χ0) is 18.5. The predicted octanol–water partition coefficient (Wildman–Crippen LogP) is 3.05. The Morgan fingerprint density at radius 2 is 2.08 bits per heavy atom. The lowest BCUT2D eigenvalue weighted by molar-refractivity contribution is 0.000711. The van der Waals surface area contributed by atoms with E-state index in [0.717, 1.165) is 34.5 Å². The molecule has 6 nitrogen and oxygen atoms in total. The minimum Gasteiger partial charge on any atom is -0.508 e. The van der Waals surface area contributed by atoms with Crippen LogP contribution in [0.2, 0.25) is 0 Å². The average Bonchev–Trinajstić information content (AvgIpc) is 2.98. The highest BCUT2D eigenvalue weighted by Crippen LogP contribution is 2.40. The first-order valence-electron chi connectivity index (χ1n) is 9.41. The minimum atomic E-state index is -4.36. The highest BCUT2D eigenvalue weighted by Gasteiger charge is 2.39. The number of piperidine rings is 2. The van der Waals surface area contributed by atoms with E-state index in [1.807, 2.05) is 0 Å². The third kappa shape index (κ3) is 3.12. The molecule has 1 aliphatic carbocycles. The van der Waals surface area contributed by atoms with Crippen molar-refractivity contribution in [2.45, 2.75) is 45.1 Å². The molecule has 0 amide bonds. The summed E-state index contributed by atoms with van der Waals surface area (Å²) < 4.78 is 33.8. The van der Waals surface area contributed by atoms with Crippen LogP contribution in [-0.2, 0) is 16.7 Å². The molecule has 0 radical (unpaired) electrons. The summed E-state index contributed by atoms with van der Waals surface area (Å²) in [5.74, 6) is 1.65. The predicted molar refractivity (Wildman–Crippen MR) is 101 cm³/mol. The molecule has 1 saturated carbocycles. The Balaban J connectivity index is 1.61. The molecular weight excluding hydrogens is 352 g/mol. The topological polar surface area (TPSA) is 82.8 Å². The minimum absolute atomic E-state index is 0.0925. The molecule has 5 rings (SSSR count). The van der Waals surface area contributed by atoms with Crippen molar-refractivity contribution in [3.05, 3.63) is 30.0 Å². The maximum Gasteiger partial charge on any atom is 0.363 e. The molecule has 1 aromatic heterocycles. The third-order valence-electron chi connectivity index (χ3n) is 6.29. The molecule has 3 heterocycles. The SMILES string of the molecule is CCC1CC2CCC1N(CCc1cn(S(=O)(=O)O)c3ccc(O)cc13)C2. The van der Waals surface area contributed by atoms with E-state index in [1.165, 1.54) is 44.0 Å². The molecule has 142 valence electrons. The number of phenols is 1. The Bertz CT molecular complexity index is 921. The number of aromatic nitrogens is 1. The molecule has 26 heavy (non-hydrogen) atoms. The maximum absolute atomic E-state index is 11.7. The average molecular weight is 378 g/mol. The lowest BCUT2D eigenvalue weighted by Gasteiger charge is -2.50. The van der Waals surface area contributed by atoms with E-state index in [9.17, 15) is 18.1 Å². The van der Waals surface area contributed by atoms with Crippen LogP contribution in [0.5, 0.6) is 5.75 Å². The normalized spacial score (nSPS) is 26.6. The van der Waals surface area contributed by atoms with E-state index in [2.05, 4.69) is 11.8 Å². The van der Waals surface area contributed by atoms with E-state index in [4.69, 9.17) is 0 Å². The summed E-state index contributed by atoms with van der Waals surface area (Å²) in [6.07, 6.45) is 7.33. The summed E-state index contributed by atoms with van der Waals surface area (Å²) in [6, 6.07) is 5.17. The van der Waals surface area contributed by atoms with Gasteiger partial charge in [0.25, 0.3) is 0 Å². The van der Waals surface area contributed by atoms with Crippen molar-refractivity contribution < 1.29 is 18.1 Å². The monoisotopic (exact) mass is 378 g/mol. The Morgan fingerprint density at radius 3 is 2.77 bits per heavy atom. The lowest BCUT2D eigenvalue weighted by Crippen LogP contribution is -2.53. The van der Waals surface area contributed by atoms with E-state index < -0.39 is 10.3 Å². The Morgan fingerprint density at radius 1 is 1.27 bits per heavy atom. The maximum atomic E-state index is 11.7. The zero-order valence-corrected chi connectivity index (χ0v) is 15.8. The van der Waals surface area contributed by atoms with Gasteiger partial charge in [-0.3, -0.25) is 9.45 Å². The standard InChI is InChI=1S/C19H26N2O4S/c1-2-14-9-13-3-5-18(14)20(11-13)8-7-15-12-21(26(23,24)25)19-6-4-16(22)10-17(15)19/h4,6,10,12-14,18,22H,2-3,5,7-9,11H2,1H3,(H,23,24,25). The van der Waals surface area contributed by atoms with Crippen molar-refractivity contribution in [2.75, 3.05) is 13.1 Å². The van der Waals surface area contributed by atoms with Crippen LogP contribution in [0.4, 0.5) is 0 Å². The number of nitrogens with zero attached hydrogens (tertiary/aromatic N) is 2. The van der Waals surface area contributed by atoms with Gasteiger partial charge in [0.1, 0.15) is 5.75 Å². The van der Waals surface area contributed by atoms with Crippen LogP contribution in [0.3, 0.4) is 0 Å². The van der Waals surface area contributed by atoms with Crippen LogP contribution in [0.1, 0.15) is 38.2 Å². The molecule has 3 unspecified atom stereocenters. The van der Waals surface area contributed by atoms with Crippen molar-refractivity contribution in [2.24, 2.45) is 11.8 Å². The second-order valence-electron chi connectivity index (χ2n) is 7.79. The van der Waals surface area contributed by atoms with Gasteiger partial charge in [0, 0.05) is 30.7 Å². The molecule has 3 aliphatic rings. The van der Waals surface area contributed by atoms with Gasteiger partial charge in [0.05, 0.1) is 5.52 Å². The number of hydrogen-bond acceptors (Lipinski definition) is 4. The van der Waals surface area contributed by atoms with Gasteiger partial charge in [-0.25, -0.2) is 3.97 Å². The third-order valence-corrected chi connectivity index (χ3v) is 7.09. The van der Waals surface area contributed by atoms with Crippen LogP contribution in [0.15, 0.2) is 24.4 Å². The van der Waals surface area contributed by atoms with E-state index in [-0.39, 0.29) is 5.75 Å². The lowest BCUT2D eigenvalue weighted by atomic mass is 9.71. The van der Waals surface area contributed by atoms with Gasteiger partial charge < -0.3 is 5.11 Å². The fourth-order valence-corrected chi connectivity index (χ4v) is 5.73. The summed E-state index contributed by atoms with van der Waals surface area (Å²) >= 11 is 0. The van der Waals surface area contributed by atoms with Gasteiger partial charge in [-0.1, -0.05) is 13.3 Å². The van der Waals surface area contributed by atoms with Crippen LogP contribution in [0, 0.1) is 11.8 Å². The summed E-state index contributed by atoms with van der Waals surface area (Å²) in [5.41, 5.74) is 1.23. The van der Waals surface area contributed by atoms with Gasteiger partial charge in [-0.15, -0.1) is 0 Å². The van der Waals surface area contributed by atoms with Gasteiger partial charge in [0.2, 0.25) is 0 Å². The highest BCUT2D eigenvalue weighted by molar-refractivity contribution is 7.84. The summed E-state index contributed by atoms with van der Waals surface area (Å²) in [5, 5.41) is 10.5. The molecule has 2 aromatic rings. The van der Waals surface area contributed by atoms with Crippen LogP contribution >= 0.6 is 0 Å². The van der Waals surface area contributed by atoms with E-state index >= 15 is 0 Å². The van der Waals surface area contributed by atoms with Crippen LogP contribution in [-0.4, -0.2) is 46.1 Å². The van der Waals surface area contributed by atoms with E-state index in [1.54, 1.807) is 6.07 Å². The van der Waals surface area contributed by atoms with Crippen molar-refractivity contribution in [3.63, 3.8) is 0 Å². The summed E-state index contributed by atoms with van der Waals surface area (Å²) in [6.45, 7) is 4.27. The molecule has 7 heteroatoms. The van der Waals surface area contributed by atoms with Crippen LogP contribution < -0.4 is 0 Å². The number of fused-ring (bicyclic) bond motifs is 4. The highest BCUT2D eigenvalue weighted by atomic mass is 32.2. The fraction of sp³-hybridized carbons (Fsp3) is 0.579. The molecule has 1 aromatic carbocycles. The van der Waals surface area contributed by atoms with Crippen molar-refractivity contribution in [3.8, 4) is 5.75 Å². The fourth-order valence-electron chi connectivity index (χ4n) is 5.06. The first kappa shape index (κ1) is 17.8. The first-order valence-corrected chi connectivity index (χ1v) is 10.8. The Labute approximate surface area is 154 Å². The molecule has 2 bridgehead atoms. The Hall–Kier alpha value is -1.57. The second-order valence-corrected chi connectivity index (χ2v) is 9.08. The smallest absolute Gasteiger partial charge is 0.363 e. The number of rotatable bonds is 5. The van der Waals surface area contributed by atoms with Gasteiger partial charge in [0.15, 0.2) is 0 Å². The largest absolute Gasteiger partial charge is 0.508 e. The molecule has 2 aliphatic heterocycles. The zero-order valence-electron chi connectivity index (χ0n) is 15.0. The van der Waals surface area contributed by atoms with E-state index in [0.29, 0.717) is 23.4 Å². The number of phenolic OH excluding ortho intramolecular Hbond substituents is 1. The number of hydrogen-bond donors (Lipinski definition) is 2. The molecule has 2 saturated heterocycles. The van der Waals surface area contributed by atoms with Crippen LogP contribution in [0.25, 0.3) is 10.9 Å². The van der Waals surface area contributed by atoms with Crippen molar-refractivity contribution in [1.82, 2.24) is 8.87 Å². The molecule has 3 atom stereocenters. The molecule has 0 spiro atoms. The molecule has 3 fully saturated rings. The Kier molecular flexibility index (Phi) is 4.49. The quantitative estimate of drug-likeness (QED) is 0.782. The first-order chi connectivity index (χ1) is 12.4. The number of benzene rings is 1. The second kappa shape index (κ2) is 6.55. The van der Waals surface area contributed by atoms with Gasteiger partial charge >= 0.3 is 10.3 Å². The number of aromatic hydroxyl groups is 1. The van der Waals surface area contributed by atoms with Crippen molar-refractivity contribution in [1.29, 1.82) is 0 Å².